The number of amides is 1. The number of hydrogen-bond donors (Lipinski definition) is 1. The van der Waals surface area contributed by atoms with Crippen LogP contribution in [-0.4, -0.2) is 16.9 Å². The van der Waals surface area contributed by atoms with Crippen LogP contribution in [0.15, 0.2) is 9.98 Å². The average Bonchev–Trinajstić information content (AvgIpc) is 2.72. The summed E-state index contributed by atoms with van der Waals surface area (Å²) < 4.78 is 0.730. The zero-order valence-electron chi connectivity index (χ0n) is 6.21. The fourth-order valence-corrected chi connectivity index (χ4v) is 1.99. The molecular formula is C7H7BrN2OS. The summed E-state index contributed by atoms with van der Waals surface area (Å²) in [5.74, 6) is -0.0480. The van der Waals surface area contributed by atoms with E-state index in [0.717, 1.165) is 17.4 Å². The average molecular weight is 247 g/mol. The van der Waals surface area contributed by atoms with E-state index in [1.165, 1.54) is 11.3 Å². The standard InChI is InChI=1S/C7H7BrN2OS/c8-5-3-12-7(10-5)6(11)9-4-1-2-4/h3-4H,1-2H2,(H,9,11). The van der Waals surface area contributed by atoms with Gasteiger partial charge in [-0.15, -0.1) is 11.3 Å². The molecule has 5 heteroatoms. The van der Waals surface area contributed by atoms with Gasteiger partial charge in [0.25, 0.3) is 5.91 Å². The Labute approximate surface area is 82.3 Å². The second kappa shape index (κ2) is 3.14. The largest absolute Gasteiger partial charge is 0.347 e. The zero-order chi connectivity index (χ0) is 8.55. The van der Waals surface area contributed by atoms with Gasteiger partial charge in [-0.3, -0.25) is 4.79 Å². The van der Waals surface area contributed by atoms with Crippen LogP contribution in [0.3, 0.4) is 0 Å². The van der Waals surface area contributed by atoms with Gasteiger partial charge in [-0.05, 0) is 28.8 Å². The van der Waals surface area contributed by atoms with Crippen molar-refractivity contribution in [3.8, 4) is 0 Å². The van der Waals surface area contributed by atoms with Crippen molar-refractivity contribution >= 4 is 33.2 Å². The van der Waals surface area contributed by atoms with Crippen molar-refractivity contribution in [1.29, 1.82) is 0 Å². The molecule has 64 valence electrons. The molecule has 0 aliphatic heterocycles. The van der Waals surface area contributed by atoms with E-state index in [2.05, 4.69) is 26.2 Å². The zero-order valence-corrected chi connectivity index (χ0v) is 8.61. The summed E-state index contributed by atoms with van der Waals surface area (Å²) in [6, 6.07) is 0.403. The molecule has 0 bridgehead atoms. The van der Waals surface area contributed by atoms with E-state index in [4.69, 9.17) is 0 Å². The van der Waals surface area contributed by atoms with E-state index < -0.39 is 0 Å². The minimum absolute atomic E-state index is 0.0480. The molecule has 0 unspecified atom stereocenters. The number of aromatic nitrogens is 1. The topological polar surface area (TPSA) is 42.0 Å². The van der Waals surface area contributed by atoms with Crippen molar-refractivity contribution in [3.63, 3.8) is 0 Å². The Hall–Kier alpha value is -0.420. The highest BCUT2D eigenvalue weighted by atomic mass is 79.9. The number of thiazole rings is 1. The Morgan fingerprint density at radius 3 is 3.00 bits per heavy atom. The number of halogens is 1. The van der Waals surface area contributed by atoms with Gasteiger partial charge in [0.15, 0.2) is 5.01 Å². The predicted molar refractivity (Wildman–Crippen MR) is 50.3 cm³/mol. The quantitative estimate of drug-likeness (QED) is 0.865. The first-order valence-corrected chi connectivity index (χ1v) is 5.35. The molecule has 0 spiro atoms. The predicted octanol–water partition coefficient (Wildman–Crippen LogP) is 1.80. The summed E-state index contributed by atoms with van der Waals surface area (Å²) in [6.07, 6.45) is 2.22. The van der Waals surface area contributed by atoms with Crippen LogP contribution >= 0.6 is 27.3 Å². The van der Waals surface area contributed by atoms with Gasteiger partial charge in [0.2, 0.25) is 0 Å². The smallest absolute Gasteiger partial charge is 0.280 e. The molecule has 2 rings (SSSR count). The number of hydrogen-bond acceptors (Lipinski definition) is 3. The van der Waals surface area contributed by atoms with Crippen LogP contribution in [-0.2, 0) is 0 Å². The van der Waals surface area contributed by atoms with Crippen LogP contribution in [0.25, 0.3) is 0 Å². The Morgan fingerprint density at radius 2 is 2.50 bits per heavy atom. The Bertz CT molecular complexity index is 308. The first kappa shape index (κ1) is 8.19. The van der Waals surface area contributed by atoms with Crippen LogP contribution in [0.4, 0.5) is 0 Å². The maximum atomic E-state index is 11.3. The van der Waals surface area contributed by atoms with Crippen molar-refractivity contribution in [2.24, 2.45) is 0 Å². The molecular weight excluding hydrogens is 240 g/mol. The van der Waals surface area contributed by atoms with Crippen molar-refractivity contribution in [3.05, 3.63) is 15.0 Å². The molecule has 1 amide bonds. The van der Waals surface area contributed by atoms with Crippen LogP contribution in [0.5, 0.6) is 0 Å². The second-order valence-corrected chi connectivity index (χ2v) is 4.39. The number of carbonyl (C=O) groups excluding carboxylic acids is 1. The lowest BCUT2D eigenvalue weighted by Crippen LogP contribution is -2.25. The lowest BCUT2D eigenvalue weighted by Gasteiger charge is -1.96. The van der Waals surface area contributed by atoms with Gasteiger partial charge < -0.3 is 5.32 Å². The van der Waals surface area contributed by atoms with Crippen molar-refractivity contribution in [2.75, 3.05) is 0 Å². The van der Waals surface area contributed by atoms with E-state index >= 15 is 0 Å². The molecule has 3 nitrogen and oxygen atoms in total. The highest BCUT2D eigenvalue weighted by Gasteiger charge is 2.24. The molecule has 0 radical (unpaired) electrons. The van der Waals surface area contributed by atoms with E-state index in [0.29, 0.717) is 11.0 Å². The molecule has 1 aromatic rings. The normalized spacial score (nSPS) is 16.1. The lowest BCUT2D eigenvalue weighted by molar-refractivity contribution is 0.0950. The second-order valence-electron chi connectivity index (χ2n) is 2.72. The summed E-state index contributed by atoms with van der Waals surface area (Å²) >= 11 is 4.56. The summed E-state index contributed by atoms with van der Waals surface area (Å²) in [6.45, 7) is 0. The molecule has 0 aromatic carbocycles. The van der Waals surface area contributed by atoms with E-state index in [1.54, 1.807) is 0 Å². The molecule has 1 fully saturated rings. The van der Waals surface area contributed by atoms with Gasteiger partial charge in [-0.1, -0.05) is 0 Å². The molecule has 0 atom stereocenters. The van der Waals surface area contributed by atoms with Gasteiger partial charge in [-0.2, -0.15) is 0 Å². The number of nitrogens with zero attached hydrogens (tertiary/aromatic N) is 1. The number of nitrogens with one attached hydrogen (secondary N) is 1. The van der Waals surface area contributed by atoms with Crippen LogP contribution < -0.4 is 5.32 Å². The molecule has 1 heterocycles. The minimum atomic E-state index is -0.0480. The third-order valence-electron chi connectivity index (χ3n) is 1.58. The van der Waals surface area contributed by atoms with Gasteiger partial charge in [0.1, 0.15) is 4.60 Å². The monoisotopic (exact) mass is 246 g/mol. The van der Waals surface area contributed by atoms with Gasteiger partial charge in [0.05, 0.1) is 0 Å². The van der Waals surface area contributed by atoms with Crippen LogP contribution in [0, 0.1) is 0 Å². The van der Waals surface area contributed by atoms with Gasteiger partial charge in [-0.25, -0.2) is 4.98 Å². The summed E-state index contributed by atoms with van der Waals surface area (Å²) in [5, 5.41) is 5.21. The third kappa shape index (κ3) is 1.84. The first-order chi connectivity index (χ1) is 5.75. The fourth-order valence-electron chi connectivity index (χ4n) is 0.833. The summed E-state index contributed by atoms with van der Waals surface area (Å²) in [4.78, 5) is 15.3. The van der Waals surface area contributed by atoms with Gasteiger partial charge in [0, 0.05) is 11.4 Å². The van der Waals surface area contributed by atoms with E-state index in [1.807, 2.05) is 5.38 Å². The summed E-state index contributed by atoms with van der Waals surface area (Å²) in [7, 11) is 0. The Kier molecular flexibility index (Phi) is 2.14. The first-order valence-electron chi connectivity index (χ1n) is 3.67. The molecule has 12 heavy (non-hydrogen) atoms. The van der Waals surface area contributed by atoms with Crippen molar-refractivity contribution in [2.45, 2.75) is 18.9 Å². The maximum Gasteiger partial charge on any atom is 0.280 e. The lowest BCUT2D eigenvalue weighted by atomic mass is 10.6. The van der Waals surface area contributed by atoms with E-state index in [-0.39, 0.29) is 5.91 Å². The highest BCUT2D eigenvalue weighted by molar-refractivity contribution is 9.10. The fraction of sp³-hybridized carbons (Fsp3) is 0.429. The molecule has 1 aliphatic rings. The van der Waals surface area contributed by atoms with Crippen LogP contribution in [0.1, 0.15) is 22.6 Å². The minimum Gasteiger partial charge on any atom is -0.347 e. The van der Waals surface area contributed by atoms with Gasteiger partial charge >= 0.3 is 0 Å². The molecule has 1 aromatic heterocycles. The summed E-state index contributed by atoms with van der Waals surface area (Å²) in [5.41, 5.74) is 0. The molecule has 1 saturated carbocycles. The molecule has 1 aliphatic carbocycles. The maximum absolute atomic E-state index is 11.3. The van der Waals surface area contributed by atoms with Crippen LogP contribution in [0.2, 0.25) is 0 Å². The van der Waals surface area contributed by atoms with Crippen molar-refractivity contribution in [1.82, 2.24) is 10.3 Å². The number of carbonyl (C=O) groups is 1. The van der Waals surface area contributed by atoms with Crippen molar-refractivity contribution < 1.29 is 4.79 Å². The molecule has 0 saturated heterocycles. The Morgan fingerprint density at radius 1 is 1.75 bits per heavy atom. The highest BCUT2D eigenvalue weighted by Crippen LogP contribution is 2.20. The number of rotatable bonds is 2. The Balaban J connectivity index is 2.03. The molecule has 1 N–H and O–H groups in total. The van der Waals surface area contributed by atoms with E-state index in [9.17, 15) is 4.79 Å². The SMILES string of the molecule is O=C(NC1CC1)c1nc(Br)cs1. The third-order valence-corrected chi connectivity index (χ3v) is 3.13.